The number of anilines is 1. The summed E-state index contributed by atoms with van der Waals surface area (Å²) in [4.78, 5) is 22.3. The molecule has 1 amide bonds. The summed E-state index contributed by atoms with van der Waals surface area (Å²) in [6.45, 7) is 1.37. The normalized spacial score (nSPS) is 14.8. The van der Waals surface area contributed by atoms with Gasteiger partial charge in [0.05, 0.1) is 6.20 Å². The van der Waals surface area contributed by atoms with E-state index in [0.717, 1.165) is 40.0 Å². The zero-order valence-electron chi connectivity index (χ0n) is 15.1. The number of benzene rings is 1. The van der Waals surface area contributed by atoms with Gasteiger partial charge in [-0.2, -0.15) is 0 Å². The van der Waals surface area contributed by atoms with E-state index in [4.69, 9.17) is 11.6 Å². The third-order valence-corrected chi connectivity index (χ3v) is 5.73. The SMILES string of the molecule is O=C(c1cnccn1)N1CCC(Nc2nnc(Cc3ccc(Cl)cc3)s2)CC1. The molecule has 1 saturated heterocycles. The van der Waals surface area contributed by atoms with Crippen LogP contribution in [0.2, 0.25) is 5.02 Å². The van der Waals surface area contributed by atoms with Gasteiger partial charge in [0.25, 0.3) is 5.91 Å². The van der Waals surface area contributed by atoms with Gasteiger partial charge < -0.3 is 10.2 Å². The minimum absolute atomic E-state index is 0.0623. The molecule has 0 spiro atoms. The maximum Gasteiger partial charge on any atom is 0.274 e. The molecule has 7 nitrogen and oxygen atoms in total. The Morgan fingerprint density at radius 2 is 1.96 bits per heavy atom. The molecule has 1 aromatic carbocycles. The van der Waals surface area contributed by atoms with Gasteiger partial charge in [0.15, 0.2) is 0 Å². The van der Waals surface area contributed by atoms with Crippen molar-refractivity contribution in [3.63, 3.8) is 0 Å². The van der Waals surface area contributed by atoms with Crippen molar-refractivity contribution < 1.29 is 4.79 Å². The topological polar surface area (TPSA) is 83.9 Å². The minimum Gasteiger partial charge on any atom is -0.357 e. The second-order valence-corrected chi connectivity index (χ2v) is 8.10. The lowest BCUT2D eigenvalue weighted by Gasteiger charge is -2.31. The smallest absolute Gasteiger partial charge is 0.274 e. The number of hydrogen-bond acceptors (Lipinski definition) is 7. The number of amides is 1. The fourth-order valence-corrected chi connectivity index (χ4v) is 4.11. The van der Waals surface area contributed by atoms with E-state index in [2.05, 4.69) is 25.5 Å². The number of aromatic nitrogens is 4. The number of likely N-dealkylation sites (tertiary alicyclic amines) is 1. The molecule has 0 bridgehead atoms. The van der Waals surface area contributed by atoms with Crippen LogP contribution in [0.25, 0.3) is 0 Å². The predicted octanol–water partition coefficient (Wildman–Crippen LogP) is 3.29. The first-order chi connectivity index (χ1) is 13.7. The van der Waals surface area contributed by atoms with E-state index >= 15 is 0 Å². The Balaban J connectivity index is 1.29. The Kier molecular flexibility index (Phi) is 5.78. The maximum atomic E-state index is 12.4. The van der Waals surface area contributed by atoms with Gasteiger partial charge in [0.2, 0.25) is 5.13 Å². The molecule has 2 aromatic heterocycles. The van der Waals surface area contributed by atoms with Gasteiger partial charge in [-0.25, -0.2) is 4.98 Å². The molecule has 0 saturated carbocycles. The van der Waals surface area contributed by atoms with Gasteiger partial charge in [-0.15, -0.1) is 10.2 Å². The summed E-state index contributed by atoms with van der Waals surface area (Å²) < 4.78 is 0. The van der Waals surface area contributed by atoms with Crippen LogP contribution in [0.5, 0.6) is 0 Å². The highest BCUT2D eigenvalue weighted by Crippen LogP contribution is 2.23. The molecule has 1 fully saturated rings. The molecule has 1 N–H and O–H groups in total. The second-order valence-electron chi connectivity index (χ2n) is 6.61. The van der Waals surface area contributed by atoms with Crippen molar-refractivity contribution in [1.82, 2.24) is 25.1 Å². The lowest BCUT2D eigenvalue weighted by Crippen LogP contribution is -2.42. The first-order valence-corrected chi connectivity index (χ1v) is 10.3. The van der Waals surface area contributed by atoms with Crippen molar-refractivity contribution in [3.05, 3.63) is 64.1 Å². The third kappa shape index (κ3) is 4.63. The van der Waals surface area contributed by atoms with Gasteiger partial charge in [-0.3, -0.25) is 9.78 Å². The highest BCUT2D eigenvalue weighted by Gasteiger charge is 2.25. The van der Waals surface area contributed by atoms with Crippen LogP contribution in [0.15, 0.2) is 42.9 Å². The number of piperidine rings is 1. The van der Waals surface area contributed by atoms with Crippen LogP contribution in [-0.2, 0) is 6.42 Å². The molecule has 9 heteroatoms. The van der Waals surface area contributed by atoms with Gasteiger partial charge in [-0.05, 0) is 30.5 Å². The standard InChI is InChI=1S/C19H19ClN6OS/c20-14-3-1-13(2-4-14)11-17-24-25-19(28-17)23-15-5-9-26(10-6-15)18(27)16-12-21-7-8-22-16/h1-4,7-8,12,15H,5-6,9-11H2,(H,23,25). The van der Waals surface area contributed by atoms with Crippen molar-refractivity contribution in [2.24, 2.45) is 0 Å². The molecule has 144 valence electrons. The Morgan fingerprint density at radius 3 is 2.68 bits per heavy atom. The fourth-order valence-electron chi connectivity index (χ4n) is 3.13. The molecule has 28 heavy (non-hydrogen) atoms. The van der Waals surface area contributed by atoms with Crippen LogP contribution >= 0.6 is 22.9 Å². The summed E-state index contributed by atoms with van der Waals surface area (Å²) in [5.74, 6) is -0.0623. The van der Waals surface area contributed by atoms with E-state index < -0.39 is 0 Å². The number of rotatable bonds is 5. The molecular weight excluding hydrogens is 396 g/mol. The molecule has 1 aliphatic heterocycles. The van der Waals surface area contributed by atoms with Crippen LogP contribution in [0.1, 0.15) is 33.9 Å². The zero-order chi connectivity index (χ0) is 19.3. The molecule has 0 unspecified atom stereocenters. The molecule has 3 heterocycles. The van der Waals surface area contributed by atoms with Crippen LogP contribution in [-0.4, -0.2) is 50.1 Å². The van der Waals surface area contributed by atoms with Gasteiger partial charge in [0.1, 0.15) is 10.7 Å². The summed E-state index contributed by atoms with van der Waals surface area (Å²) in [6.07, 6.45) is 7.07. The number of halogens is 1. The predicted molar refractivity (Wildman–Crippen MR) is 109 cm³/mol. The Hall–Kier alpha value is -2.58. The van der Waals surface area contributed by atoms with Crippen molar-refractivity contribution in [2.45, 2.75) is 25.3 Å². The maximum absolute atomic E-state index is 12.4. The highest BCUT2D eigenvalue weighted by molar-refractivity contribution is 7.15. The van der Waals surface area contributed by atoms with E-state index in [1.165, 1.54) is 6.20 Å². The monoisotopic (exact) mass is 414 g/mol. The van der Waals surface area contributed by atoms with Gasteiger partial charge in [-0.1, -0.05) is 35.1 Å². The van der Waals surface area contributed by atoms with Crippen LogP contribution in [0, 0.1) is 0 Å². The largest absolute Gasteiger partial charge is 0.357 e. The van der Waals surface area contributed by atoms with Crippen LogP contribution < -0.4 is 5.32 Å². The number of carbonyl (C=O) groups excluding carboxylic acids is 1. The molecule has 3 aromatic rings. The summed E-state index contributed by atoms with van der Waals surface area (Å²) in [5, 5.41) is 14.5. The number of carbonyl (C=O) groups is 1. The number of hydrogen-bond donors (Lipinski definition) is 1. The summed E-state index contributed by atoms with van der Waals surface area (Å²) >= 11 is 7.49. The van der Waals surface area contributed by atoms with E-state index in [0.29, 0.717) is 18.8 Å². The molecular formula is C19H19ClN6OS. The quantitative estimate of drug-likeness (QED) is 0.689. The van der Waals surface area contributed by atoms with Crippen molar-refractivity contribution in [3.8, 4) is 0 Å². The lowest BCUT2D eigenvalue weighted by atomic mass is 10.1. The average Bonchev–Trinajstić information content (AvgIpc) is 3.17. The Labute approximate surface area is 171 Å². The minimum atomic E-state index is -0.0623. The van der Waals surface area contributed by atoms with Gasteiger partial charge in [0, 0.05) is 43.0 Å². The summed E-state index contributed by atoms with van der Waals surface area (Å²) in [7, 11) is 0. The lowest BCUT2D eigenvalue weighted by molar-refractivity contribution is 0.0712. The molecule has 0 radical (unpaired) electrons. The van der Waals surface area contributed by atoms with E-state index in [1.54, 1.807) is 23.7 Å². The van der Waals surface area contributed by atoms with Crippen LogP contribution in [0.4, 0.5) is 5.13 Å². The summed E-state index contributed by atoms with van der Waals surface area (Å²) in [5.41, 5.74) is 1.55. The van der Waals surface area contributed by atoms with E-state index in [9.17, 15) is 4.79 Å². The molecule has 0 atom stereocenters. The first kappa shape index (κ1) is 18.8. The van der Waals surface area contributed by atoms with Gasteiger partial charge >= 0.3 is 0 Å². The zero-order valence-corrected chi connectivity index (χ0v) is 16.7. The van der Waals surface area contributed by atoms with E-state index in [1.807, 2.05) is 29.2 Å². The number of nitrogens with zero attached hydrogens (tertiary/aromatic N) is 5. The second kappa shape index (κ2) is 8.62. The van der Waals surface area contributed by atoms with E-state index in [-0.39, 0.29) is 11.9 Å². The summed E-state index contributed by atoms with van der Waals surface area (Å²) in [6, 6.07) is 8.05. The van der Waals surface area contributed by atoms with Crippen molar-refractivity contribution in [1.29, 1.82) is 0 Å². The Morgan fingerprint density at radius 1 is 1.18 bits per heavy atom. The van der Waals surface area contributed by atoms with Crippen LogP contribution in [0.3, 0.4) is 0 Å². The molecule has 4 rings (SSSR count). The first-order valence-electron chi connectivity index (χ1n) is 9.06. The van der Waals surface area contributed by atoms with Crippen molar-refractivity contribution in [2.75, 3.05) is 18.4 Å². The van der Waals surface area contributed by atoms with Crippen molar-refractivity contribution >= 4 is 34.0 Å². The average molecular weight is 415 g/mol. The fraction of sp³-hybridized carbons (Fsp3) is 0.316. The molecule has 0 aliphatic carbocycles. The highest BCUT2D eigenvalue weighted by atomic mass is 35.5. The number of nitrogens with one attached hydrogen (secondary N) is 1. The Bertz CT molecular complexity index is 925. The molecule has 1 aliphatic rings. The third-order valence-electron chi connectivity index (χ3n) is 4.63.